The molecule has 0 saturated heterocycles. The molecule has 0 aromatic heterocycles. The molecular formula is C7H6ClFO3. The molecule has 1 rings (SSSR count). The summed E-state index contributed by atoms with van der Waals surface area (Å²) >= 11 is 5.38. The quantitative estimate of drug-likeness (QED) is 0.589. The molecule has 0 heterocycles. The second-order valence-electron chi connectivity index (χ2n) is 2.18. The molecule has 0 saturated carbocycles. The zero-order valence-corrected chi connectivity index (χ0v) is 6.64. The van der Waals surface area contributed by atoms with Crippen molar-refractivity contribution < 1.29 is 19.7 Å². The number of hydrogen-bond acceptors (Lipinski definition) is 3. The third-order valence-corrected chi connectivity index (χ3v) is 1.71. The van der Waals surface area contributed by atoms with Crippen molar-refractivity contribution in [1.29, 1.82) is 0 Å². The average Bonchev–Trinajstić information content (AvgIpc) is 2.02. The van der Waals surface area contributed by atoms with E-state index in [2.05, 4.69) is 0 Å². The second kappa shape index (κ2) is 3.16. The van der Waals surface area contributed by atoms with Gasteiger partial charge in [-0.05, 0) is 0 Å². The van der Waals surface area contributed by atoms with Crippen LogP contribution in [0, 0.1) is 5.82 Å². The highest BCUT2D eigenvalue weighted by atomic mass is 35.5. The van der Waals surface area contributed by atoms with E-state index in [1.807, 2.05) is 0 Å². The Hall–Kier alpha value is -1.00. The van der Waals surface area contributed by atoms with Crippen molar-refractivity contribution in [2.75, 3.05) is 0 Å². The van der Waals surface area contributed by atoms with Crippen molar-refractivity contribution in [3.05, 3.63) is 22.5 Å². The van der Waals surface area contributed by atoms with Crippen molar-refractivity contribution in [3.63, 3.8) is 0 Å². The molecule has 1 aromatic rings. The predicted molar refractivity (Wildman–Crippen MR) is 40.7 cm³/mol. The Kier molecular flexibility index (Phi) is 2.40. The Morgan fingerprint density at radius 2 is 2.00 bits per heavy atom. The standard InChI is InChI=1S/C7H6ClFO3/c8-4-1-5(11)6(9)3(2-10)7(4)12/h1,10-12H,2H2. The van der Waals surface area contributed by atoms with Crippen molar-refractivity contribution in [1.82, 2.24) is 0 Å². The molecular weight excluding hydrogens is 187 g/mol. The van der Waals surface area contributed by atoms with Crippen molar-refractivity contribution in [2.45, 2.75) is 6.61 Å². The fraction of sp³-hybridized carbons (Fsp3) is 0.143. The fourth-order valence-electron chi connectivity index (χ4n) is 0.799. The summed E-state index contributed by atoms with van der Waals surface area (Å²) < 4.78 is 12.8. The van der Waals surface area contributed by atoms with E-state index >= 15 is 0 Å². The van der Waals surface area contributed by atoms with Crippen LogP contribution in [-0.4, -0.2) is 15.3 Å². The summed E-state index contributed by atoms with van der Waals surface area (Å²) in [4.78, 5) is 0. The number of hydrogen-bond donors (Lipinski definition) is 3. The van der Waals surface area contributed by atoms with Crippen LogP contribution in [0.5, 0.6) is 11.5 Å². The molecule has 0 radical (unpaired) electrons. The maximum atomic E-state index is 12.8. The molecule has 0 spiro atoms. The monoisotopic (exact) mass is 192 g/mol. The minimum atomic E-state index is -1.06. The van der Waals surface area contributed by atoms with Crippen LogP contribution >= 0.6 is 11.6 Å². The Morgan fingerprint density at radius 1 is 1.42 bits per heavy atom. The van der Waals surface area contributed by atoms with Gasteiger partial charge in [0.15, 0.2) is 11.6 Å². The number of aliphatic hydroxyl groups is 1. The molecule has 5 heteroatoms. The lowest BCUT2D eigenvalue weighted by molar-refractivity contribution is 0.266. The minimum Gasteiger partial charge on any atom is -0.506 e. The number of aliphatic hydroxyl groups excluding tert-OH is 1. The molecule has 1 aromatic carbocycles. The maximum absolute atomic E-state index is 12.8. The molecule has 12 heavy (non-hydrogen) atoms. The molecule has 0 unspecified atom stereocenters. The van der Waals surface area contributed by atoms with Gasteiger partial charge in [-0.15, -0.1) is 0 Å². The van der Waals surface area contributed by atoms with E-state index in [1.54, 1.807) is 0 Å². The number of phenols is 2. The molecule has 0 bridgehead atoms. The first kappa shape index (κ1) is 9.09. The van der Waals surface area contributed by atoms with Crippen LogP contribution in [0.25, 0.3) is 0 Å². The van der Waals surface area contributed by atoms with E-state index in [4.69, 9.17) is 26.9 Å². The van der Waals surface area contributed by atoms with Gasteiger partial charge in [0.05, 0.1) is 17.2 Å². The molecule has 0 aliphatic rings. The first-order chi connectivity index (χ1) is 5.57. The van der Waals surface area contributed by atoms with Crippen molar-refractivity contribution in [2.24, 2.45) is 0 Å². The fourth-order valence-corrected chi connectivity index (χ4v) is 1.02. The molecule has 0 fully saturated rings. The van der Waals surface area contributed by atoms with Crippen LogP contribution in [0.15, 0.2) is 6.07 Å². The largest absolute Gasteiger partial charge is 0.506 e. The summed E-state index contributed by atoms with van der Waals surface area (Å²) in [5, 5.41) is 26.3. The lowest BCUT2D eigenvalue weighted by Gasteiger charge is -2.05. The van der Waals surface area contributed by atoms with E-state index in [1.165, 1.54) is 0 Å². The number of benzene rings is 1. The Labute approximate surface area is 72.6 Å². The summed E-state index contributed by atoms with van der Waals surface area (Å²) in [6.45, 7) is -0.716. The van der Waals surface area contributed by atoms with Gasteiger partial charge in [-0.1, -0.05) is 11.6 Å². The Bertz CT molecular complexity index is 288. The Balaban J connectivity index is 3.42. The number of phenolic OH excluding ortho intramolecular Hbond substituents is 1. The van der Waals surface area contributed by atoms with Crippen LogP contribution in [0.4, 0.5) is 4.39 Å². The SMILES string of the molecule is OCc1c(O)c(Cl)cc(O)c1F. The molecule has 0 aliphatic carbocycles. The normalized spacial score (nSPS) is 10.2. The van der Waals surface area contributed by atoms with Gasteiger partial charge in [-0.25, -0.2) is 4.39 Å². The lowest BCUT2D eigenvalue weighted by Crippen LogP contribution is -1.91. The van der Waals surface area contributed by atoms with Gasteiger partial charge in [0.2, 0.25) is 0 Å². The molecule has 3 nitrogen and oxygen atoms in total. The third-order valence-electron chi connectivity index (χ3n) is 1.42. The molecule has 0 aliphatic heterocycles. The van der Waals surface area contributed by atoms with Crippen molar-refractivity contribution >= 4 is 11.6 Å². The van der Waals surface area contributed by atoms with Crippen LogP contribution in [-0.2, 0) is 6.61 Å². The number of aromatic hydroxyl groups is 2. The van der Waals surface area contributed by atoms with Crippen LogP contribution in [0.2, 0.25) is 5.02 Å². The summed E-state index contributed by atoms with van der Waals surface area (Å²) in [5.74, 6) is -2.30. The van der Waals surface area contributed by atoms with E-state index < -0.39 is 29.5 Å². The first-order valence-corrected chi connectivity index (χ1v) is 3.45. The van der Waals surface area contributed by atoms with Gasteiger partial charge in [-0.2, -0.15) is 0 Å². The third kappa shape index (κ3) is 1.31. The maximum Gasteiger partial charge on any atom is 0.174 e. The van der Waals surface area contributed by atoms with E-state index in [-0.39, 0.29) is 5.02 Å². The summed E-state index contributed by atoms with van der Waals surface area (Å²) in [6.07, 6.45) is 0. The van der Waals surface area contributed by atoms with Gasteiger partial charge < -0.3 is 15.3 Å². The number of rotatable bonds is 1. The minimum absolute atomic E-state index is 0.196. The van der Waals surface area contributed by atoms with E-state index in [9.17, 15) is 4.39 Å². The van der Waals surface area contributed by atoms with Gasteiger partial charge >= 0.3 is 0 Å². The van der Waals surface area contributed by atoms with Gasteiger partial charge in [0, 0.05) is 6.07 Å². The van der Waals surface area contributed by atoms with Crippen LogP contribution in [0.1, 0.15) is 5.56 Å². The highest BCUT2D eigenvalue weighted by Gasteiger charge is 2.15. The van der Waals surface area contributed by atoms with Gasteiger partial charge in [-0.3, -0.25) is 0 Å². The van der Waals surface area contributed by atoms with Crippen LogP contribution in [0.3, 0.4) is 0 Å². The number of halogens is 2. The van der Waals surface area contributed by atoms with Crippen LogP contribution < -0.4 is 0 Å². The zero-order chi connectivity index (χ0) is 9.30. The molecule has 0 atom stereocenters. The lowest BCUT2D eigenvalue weighted by atomic mass is 10.2. The highest BCUT2D eigenvalue weighted by Crippen LogP contribution is 2.34. The smallest absolute Gasteiger partial charge is 0.174 e. The van der Waals surface area contributed by atoms with E-state index in [0.29, 0.717) is 0 Å². The van der Waals surface area contributed by atoms with E-state index in [0.717, 1.165) is 6.07 Å². The summed E-state index contributed by atoms with van der Waals surface area (Å²) in [6, 6.07) is 0.866. The Morgan fingerprint density at radius 3 is 2.50 bits per heavy atom. The topological polar surface area (TPSA) is 60.7 Å². The van der Waals surface area contributed by atoms with Gasteiger partial charge in [0.25, 0.3) is 0 Å². The van der Waals surface area contributed by atoms with Crippen molar-refractivity contribution in [3.8, 4) is 11.5 Å². The average molecular weight is 193 g/mol. The molecule has 66 valence electrons. The first-order valence-electron chi connectivity index (χ1n) is 3.07. The summed E-state index contributed by atoms with van der Waals surface area (Å²) in [7, 11) is 0. The predicted octanol–water partition coefficient (Wildman–Crippen LogP) is 1.38. The zero-order valence-electron chi connectivity index (χ0n) is 5.88. The molecule has 3 N–H and O–H groups in total. The highest BCUT2D eigenvalue weighted by molar-refractivity contribution is 6.32. The molecule has 0 amide bonds. The van der Waals surface area contributed by atoms with Gasteiger partial charge in [0.1, 0.15) is 5.75 Å². The summed E-state index contributed by atoms with van der Waals surface area (Å²) in [5.41, 5.74) is -0.403. The second-order valence-corrected chi connectivity index (χ2v) is 2.58.